The van der Waals surface area contributed by atoms with Gasteiger partial charge in [0, 0.05) is 6.04 Å². The summed E-state index contributed by atoms with van der Waals surface area (Å²) in [5.74, 6) is -2.09. The molecule has 0 rings (SSSR count). The van der Waals surface area contributed by atoms with E-state index in [0.717, 1.165) is 18.9 Å². The van der Waals surface area contributed by atoms with Crippen LogP contribution in [-0.4, -0.2) is 55.1 Å². The molecule has 0 bridgehead atoms. The molecule has 0 radical (unpaired) electrons. The molecule has 22 heavy (non-hydrogen) atoms. The molecule has 0 aromatic carbocycles. The monoisotopic (exact) mass is 415 g/mol. The third-order valence-electron chi connectivity index (χ3n) is 1.86. The second-order valence-electron chi connectivity index (χ2n) is 4.13. The van der Waals surface area contributed by atoms with Crippen LogP contribution in [0.1, 0.15) is 13.8 Å². The van der Waals surface area contributed by atoms with Gasteiger partial charge in [-0.2, -0.15) is 0 Å². The van der Waals surface area contributed by atoms with Gasteiger partial charge in [0.1, 0.15) is 0 Å². The minimum absolute atomic E-state index is 0.0151. The van der Waals surface area contributed by atoms with E-state index in [1.807, 2.05) is 0 Å². The van der Waals surface area contributed by atoms with Crippen molar-refractivity contribution < 1.29 is 41.5 Å². The molecule has 0 aromatic heterocycles. The van der Waals surface area contributed by atoms with E-state index in [-0.39, 0.29) is 30.8 Å². The van der Waals surface area contributed by atoms with E-state index in [1.165, 1.54) is 0 Å². The summed E-state index contributed by atoms with van der Waals surface area (Å²) in [6, 6.07) is -0.0151. The Hall–Kier alpha value is -1.32. The topological polar surface area (TPSA) is 136 Å². The first-order valence-electron chi connectivity index (χ1n) is 6.11. The first-order valence-corrected chi connectivity index (χ1v) is 7.45. The summed E-state index contributed by atoms with van der Waals surface area (Å²) < 4.78 is 8.22. The molecular weight excluding hydrogens is 398 g/mol. The number of nitrogens with one attached hydrogen (secondary N) is 3. The maximum absolute atomic E-state index is 11.3. The van der Waals surface area contributed by atoms with Crippen LogP contribution in [0.2, 0.25) is 0 Å². The van der Waals surface area contributed by atoms with Crippen LogP contribution in [0, 0.1) is 0 Å². The Bertz CT molecular complexity index is 395. The van der Waals surface area contributed by atoms with E-state index in [9.17, 15) is 19.2 Å². The van der Waals surface area contributed by atoms with Gasteiger partial charge < -0.3 is 38.7 Å². The Morgan fingerprint density at radius 2 is 1.55 bits per heavy atom. The molecule has 0 saturated carbocycles. The van der Waals surface area contributed by atoms with E-state index in [4.69, 9.17) is 3.50 Å². The predicted octanol–water partition coefficient (Wildman–Crippen LogP) is -1.93. The first-order chi connectivity index (χ1) is 10.3. The Balaban J connectivity index is 0. The molecule has 0 heterocycles. The van der Waals surface area contributed by atoms with Gasteiger partial charge in [-0.25, -0.2) is 0 Å². The van der Waals surface area contributed by atoms with Crippen LogP contribution in [0.3, 0.4) is 0 Å². The molecule has 125 valence electrons. The zero-order valence-corrected chi connectivity index (χ0v) is 14.9. The Kier molecular flexibility index (Phi) is 15.2. The summed E-state index contributed by atoms with van der Waals surface area (Å²) in [6.07, 6.45) is 0. The third-order valence-corrected chi connectivity index (χ3v) is 2.12. The summed E-state index contributed by atoms with van der Waals surface area (Å²) >= 11 is 5.37. The molecule has 0 aliphatic heterocycles. The number of rotatable bonds is 8. The van der Waals surface area contributed by atoms with Crippen molar-refractivity contribution in [3.8, 4) is 0 Å². The van der Waals surface area contributed by atoms with Gasteiger partial charge in [-0.1, -0.05) is 5.75 Å². The fraction of sp³-hybridized carbons (Fsp3) is 0.636. The molecular formula is C11H18N4O5STc. The number of nitrogens with zero attached hydrogens (tertiary/aromatic N) is 1. The van der Waals surface area contributed by atoms with Crippen molar-refractivity contribution in [2.45, 2.75) is 19.9 Å². The standard InChI is InChI=1S/C11H20N4O4S.O.Tc/c1-7(2)15-10(18)5-13-8(16)3-12-9(17)4-14-11(19)6-20;;/h7H,3-6H2,1-2H3,(H5,12,13,14,15,16,17,18,19,20);;/q;;+2/p-2. The number of hydrogen-bond donors (Lipinski definition) is 3. The van der Waals surface area contributed by atoms with Crippen molar-refractivity contribution in [3.05, 3.63) is 5.32 Å². The van der Waals surface area contributed by atoms with Crippen LogP contribution in [0.15, 0.2) is 0 Å². The second kappa shape index (κ2) is 14.6. The van der Waals surface area contributed by atoms with E-state index in [1.54, 1.807) is 13.8 Å². The van der Waals surface area contributed by atoms with Crippen LogP contribution < -0.4 is 16.0 Å². The Morgan fingerprint density at radius 1 is 1.00 bits per heavy atom. The van der Waals surface area contributed by atoms with Gasteiger partial charge in [-0.05, 0) is 20.4 Å². The first kappa shape index (κ1) is 23.0. The molecule has 0 spiro atoms. The van der Waals surface area contributed by atoms with Crippen molar-refractivity contribution >= 4 is 36.3 Å². The van der Waals surface area contributed by atoms with E-state index in [0.29, 0.717) is 0 Å². The zero-order chi connectivity index (χ0) is 17.5. The minimum atomic E-state index is -0.636. The number of carbonyl (C=O) groups excluding carboxylic acids is 4. The van der Waals surface area contributed by atoms with E-state index < -0.39 is 24.3 Å². The Labute approximate surface area is 144 Å². The molecule has 0 fully saturated rings. The third kappa shape index (κ3) is 15.1. The molecule has 0 aromatic rings. The van der Waals surface area contributed by atoms with Gasteiger partial charge in [-0.3, -0.25) is 14.4 Å². The van der Waals surface area contributed by atoms with Crippen molar-refractivity contribution in [1.82, 2.24) is 16.0 Å². The number of amides is 4. The van der Waals surface area contributed by atoms with Gasteiger partial charge in [0.25, 0.3) is 0 Å². The summed E-state index contributed by atoms with van der Waals surface area (Å²) in [7, 11) is 0. The summed E-state index contributed by atoms with van der Waals surface area (Å²) in [5.41, 5.74) is 0. The van der Waals surface area contributed by atoms with Crippen LogP contribution in [0.5, 0.6) is 0 Å². The number of carbonyl (C=O) groups is 4. The summed E-state index contributed by atoms with van der Waals surface area (Å²) in [4.78, 5) is 44.5. The van der Waals surface area contributed by atoms with Crippen molar-refractivity contribution in [2.75, 3.05) is 25.4 Å². The van der Waals surface area contributed by atoms with Crippen LogP contribution in [0.4, 0.5) is 0 Å². The molecule has 3 N–H and O–H groups in total. The molecule has 11 heteroatoms. The van der Waals surface area contributed by atoms with Crippen LogP contribution >= 0.6 is 0 Å². The van der Waals surface area contributed by atoms with Crippen LogP contribution in [-0.2, 0) is 54.2 Å². The average molecular weight is 416 g/mol. The molecule has 0 unspecified atom stereocenters. The van der Waals surface area contributed by atoms with Gasteiger partial charge in [0.2, 0.25) is 11.8 Å². The Morgan fingerprint density at radius 3 is 2.05 bits per heavy atom. The SMILES string of the molecule is CC(C)NC(=O)CNC(=O)C[N-]C(=O)CNC(=O)C[S-].[O]=[Tc+2]. The second-order valence-corrected chi connectivity index (χ2v) is 4.42. The summed E-state index contributed by atoms with van der Waals surface area (Å²) in [5, 5.41) is 10.6. The molecule has 4 amide bonds. The molecule has 0 aliphatic carbocycles. The van der Waals surface area contributed by atoms with Crippen molar-refractivity contribution in [2.24, 2.45) is 0 Å². The summed E-state index contributed by atoms with van der Waals surface area (Å²) in [6.45, 7) is 2.73. The van der Waals surface area contributed by atoms with Gasteiger partial charge in [0.15, 0.2) is 5.91 Å². The zero-order valence-electron chi connectivity index (χ0n) is 12.2. The number of hydrogen-bond acceptors (Lipinski definition) is 6. The van der Waals surface area contributed by atoms with E-state index in [2.05, 4.69) is 33.9 Å². The van der Waals surface area contributed by atoms with Gasteiger partial charge in [-0.15, -0.1) is 0 Å². The van der Waals surface area contributed by atoms with Crippen molar-refractivity contribution in [3.63, 3.8) is 0 Å². The fourth-order valence-corrected chi connectivity index (χ4v) is 1.15. The maximum atomic E-state index is 11.3. The molecule has 0 saturated heterocycles. The van der Waals surface area contributed by atoms with Gasteiger partial charge >= 0.3 is 22.4 Å². The normalized spacial score (nSPS) is 9.05. The van der Waals surface area contributed by atoms with E-state index >= 15 is 0 Å². The predicted molar refractivity (Wildman–Crippen MR) is 75.4 cm³/mol. The quantitative estimate of drug-likeness (QED) is 0.395. The van der Waals surface area contributed by atoms with Crippen LogP contribution in [0.25, 0.3) is 5.32 Å². The average Bonchev–Trinajstić information content (AvgIpc) is 2.49. The molecule has 9 nitrogen and oxygen atoms in total. The van der Waals surface area contributed by atoms with Gasteiger partial charge in [0.05, 0.1) is 19.0 Å². The molecule has 0 aliphatic rings. The van der Waals surface area contributed by atoms with Crippen molar-refractivity contribution in [1.29, 1.82) is 0 Å². The fourth-order valence-electron chi connectivity index (χ4n) is 1.05. The molecule has 0 atom stereocenters.